The summed E-state index contributed by atoms with van der Waals surface area (Å²) in [4.78, 5) is 0. The Bertz CT molecular complexity index is 121. The molecule has 1 aliphatic rings. The van der Waals surface area contributed by atoms with Crippen LogP contribution >= 0.6 is 0 Å². The van der Waals surface area contributed by atoms with Crippen LogP contribution in [-0.2, 0) is 10.7 Å². The van der Waals surface area contributed by atoms with Crippen molar-refractivity contribution in [3.05, 3.63) is 0 Å². The van der Waals surface area contributed by atoms with Crippen molar-refractivity contribution in [3.63, 3.8) is 0 Å². The lowest BCUT2D eigenvalue weighted by Gasteiger charge is -2.25. The van der Waals surface area contributed by atoms with Crippen LogP contribution in [0.1, 0.15) is 26.7 Å². The fraction of sp³-hybridized carbons (Fsp3) is 1.00. The zero-order valence-corrected chi connectivity index (χ0v) is 7.71. The standard InChI is InChI=1S/C8H17NS/c1-7(2)8-3-5-10(9)6-4-8/h7-9H,3-6H2,1-2H3. The number of rotatable bonds is 1. The highest BCUT2D eigenvalue weighted by Crippen LogP contribution is 2.23. The minimum atomic E-state index is 0.0226. The molecule has 0 aromatic rings. The maximum atomic E-state index is 7.53. The predicted molar refractivity (Wildman–Crippen MR) is 47.4 cm³/mol. The molecule has 2 heteroatoms. The van der Waals surface area contributed by atoms with Crippen LogP contribution in [0.15, 0.2) is 0 Å². The number of nitrogens with one attached hydrogen (secondary N) is 1. The first-order valence-electron chi connectivity index (χ1n) is 4.09. The molecule has 60 valence electrons. The molecule has 1 nitrogen and oxygen atoms in total. The van der Waals surface area contributed by atoms with Gasteiger partial charge < -0.3 is 0 Å². The van der Waals surface area contributed by atoms with Crippen LogP contribution in [-0.4, -0.2) is 11.5 Å². The van der Waals surface area contributed by atoms with Crippen molar-refractivity contribution >= 4 is 10.7 Å². The molecule has 1 N–H and O–H groups in total. The molecule has 0 spiro atoms. The van der Waals surface area contributed by atoms with Crippen molar-refractivity contribution in [1.29, 1.82) is 4.78 Å². The van der Waals surface area contributed by atoms with E-state index in [0.29, 0.717) is 0 Å². The molecule has 0 amide bonds. The van der Waals surface area contributed by atoms with Gasteiger partial charge >= 0.3 is 0 Å². The molecule has 0 saturated carbocycles. The highest BCUT2D eigenvalue weighted by molar-refractivity contribution is 7.86. The molecule has 1 heterocycles. The molecular weight excluding hydrogens is 142 g/mol. The number of hydrogen-bond donors (Lipinski definition) is 1. The average molecular weight is 159 g/mol. The van der Waals surface area contributed by atoms with Gasteiger partial charge in [0.1, 0.15) is 0 Å². The molecule has 1 saturated heterocycles. The van der Waals surface area contributed by atoms with Crippen LogP contribution in [0.3, 0.4) is 0 Å². The molecule has 0 unspecified atom stereocenters. The van der Waals surface area contributed by atoms with E-state index in [1.165, 1.54) is 24.3 Å². The summed E-state index contributed by atoms with van der Waals surface area (Å²) in [6.45, 7) is 4.61. The molecule has 0 aromatic heterocycles. The van der Waals surface area contributed by atoms with Crippen LogP contribution in [0.5, 0.6) is 0 Å². The van der Waals surface area contributed by atoms with E-state index in [0.717, 1.165) is 11.8 Å². The third-order valence-corrected chi connectivity index (χ3v) is 3.87. The second-order valence-corrected chi connectivity index (χ2v) is 5.28. The second kappa shape index (κ2) is 3.51. The van der Waals surface area contributed by atoms with E-state index in [9.17, 15) is 0 Å². The Hall–Kier alpha value is 0.150. The minimum absolute atomic E-state index is 0.0226. The topological polar surface area (TPSA) is 23.9 Å². The van der Waals surface area contributed by atoms with Gasteiger partial charge in [0.25, 0.3) is 0 Å². The van der Waals surface area contributed by atoms with Crippen LogP contribution < -0.4 is 0 Å². The third-order valence-electron chi connectivity index (χ3n) is 2.41. The molecule has 1 fully saturated rings. The summed E-state index contributed by atoms with van der Waals surface area (Å²) >= 11 is 0. The normalized spacial score (nSPS) is 34.7. The maximum Gasteiger partial charge on any atom is 0.00412 e. The predicted octanol–water partition coefficient (Wildman–Crippen LogP) is 2.43. The van der Waals surface area contributed by atoms with Crippen LogP contribution in [0.4, 0.5) is 0 Å². The van der Waals surface area contributed by atoms with E-state index in [-0.39, 0.29) is 10.7 Å². The fourth-order valence-corrected chi connectivity index (χ4v) is 2.88. The maximum absolute atomic E-state index is 7.53. The molecule has 0 aromatic carbocycles. The van der Waals surface area contributed by atoms with E-state index in [1.807, 2.05) is 0 Å². The summed E-state index contributed by atoms with van der Waals surface area (Å²) in [7, 11) is 0.0226. The minimum Gasteiger partial charge on any atom is -0.280 e. The lowest BCUT2D eigenvalue weighted by molar-refractivity contribution is 0.359. The first kappa shape index (κ1) is 8.25. The van der Waals surface area contributed by atoms with Gasteiger partial charge in [0.15, 0.2) is 0 Å². The van der Waals surface area contributed by atoms with Crippen molar-refractivity contribution in [2.45, 2.75) is 26.7 Å². The van der Waals surface area contributed by atoms with Gasteiger partial charge in [-0.15, -0.1) is 10.7 Å². The van der Waals surface area contributed by atoms with Gasteiger partial charge in [-0.05, 0) is 24.7 Å². The largest absolute Gasteiger partial charge is 0.280 e. The molecule has 0 radical (unpaired) electrons. The summed E-state index contributed by atoms with van der Waals surface area (Å²) in [6.07, 6.45) is 2.62. The molecular formula is C8H17NS. The van der Waals surface area contributed by atoms with Crippen LogP contribution in [0.25, 0.3) is 0 Å². The highest BCUT2D eigenvalue weighted by Gasteiger charge is 2.18. The Labute approximate surface area is 66.1 Å². The number of hydrogen-bond acceptors (Lipinski definition) is 1. The van der Waals surface area contributed by atoms with E-state index < -0.39 is 0 Å². The molecule has 0 bridgehead atoms. The smallest absolute Gasteiger partial charge is 0.00412 e. The fourth-order valence-electron chi connectivity index (χ4n) is 1.50. The molecule has 0 atom stereocenters. The van der Waals surface area contributed by atoms with E-state index in [4.69, 9.17) is 4.78 Å². The summed E-state index contributed by atoms with van der Waals surface area (Å²) in [6, 6.07) is 0. The lowest BCUT2D eigenvalue weighted by atomic mass is 9.91. The first-order valence-corrected chi connectivity index (χ1v) is 5.65. The Balaban J connectivity index is 2.33. The lowest BCUT2D eigenvalue weighted by Crippen LogP contribution is -2.21. The summed E-state index contributed by atoms with van der Waals surface area (Å²) in [5.41, 5.74) is 0. The Kier molecular flexibility index (Phi) is 2.90. The SMILES string of the molecule is CC(C)C1CCS(=N)CC1. The molecule has 10 heavy (non-hydrogen) atoms. The molecule has 1 rings (SSSR count). The second-order valence-electron chi connectivity index (χ2n) is 3.48. The molecule has 0 aliphatic carbocycles. The van der Waals surface area contributed by atoms with Gasteiger partial charge in [-0.25, -0.2) is 0 Å². The quantitative estimate of drug-likeness (QED) is 0.607. The van der Waals surface area contributed by atoms with Gasteiger partial charge in [0.05, 0.1) is 0 Å². The Morgan fingerprint density at radius 1 is 1.30 bits per heavy atom. The van der Waals surface area contributed by atoms with Crippen molar-refractivity contribution in [3.8, 4) is 0 Å². The summed E-state index contributed by atoms with van der Waals surface area (Å²) in [5, 5.41) is 0. The van der Waals surface area contributed by atoms with Crippen LogP contribution in [0.2, 0.25) is 0 Å². The Morgan fingerprint density at radius 3 is 2.20 bits per heavy atom. The van der Waals surface area contributed by atoms with Gasteiger partial charge in [-0.1, -0.05) is 13.8 Å². The monoisotopic (exact) mass is 159 g/mol. The highest BCUT2D eigenvalue weighted by atomic mass is 32.2. The van der Waals surface area contributed by atoms with Gasteiger partial charge in [-0.3, -0.25) is 4.78 Å². The molecule has 1 aliphatic heterocycles. The van der Waals surface area contributed by atoms with E-state index in [1.54, 1.807) is 0 Å². The summed E-state index contributed by atoms with van der Waals surface area (Å²) < 4.78 is 7.53. The van der Waals surface area contributed by atoms with Crippen molar-refractivity contribution in [2.24, 2.45) is 11.8 Å². The summed E-state index contributed by atoms with van der Waals surface area (Å²) in [5.74, 6) is 4.11. The van der Waals surface area contributed by atoms with Crippen molar-refractivity contribution in [1.82, 2.24) is 0 Å². The zero-order valence-electron chi connectivity index (χ0n) is 6.89. The third kappa shape index (κ3) is 2.08. The van der Waals surface area contributed by atoms with E-state index in [2.05, 4.69) is 13.8 Å². The van der Waals surface area contributed by atoms with Crippen molar-refractivity contribution < 1.29 is 0 Å². The Morgan fingerprint density at radius 2 is 1.80 bits per heavy atom. The van der Waals surface area contributed by atoms with Gasteiger partial charge in [-0.2, -0.15) is 0 Å². The van der Waals surface area contributed by atoms with Gasteiger partial charge in [0.2, 0.25) is 0 Å². The average Bonchev–Trinajstić information content (AvgIpc) is 1.88. The van der Waals surface area contributed by atoms with Crippen molar-refractivity contribution in [2.75, 3.05) is 11.5 Å². The van der Waals surface area contributed by atoms with Crippen LogP contribution in [0, 0.1) is 16.6 Å². The zero-order chi connectivity index (χ0) is 7.56. The van der Waals surface area contributed by atoms with Gasteiger partial charge in [0, 0.05) is 11.5 Å². The first-order chi connectivity index (χ1) is 4.70. The van der Waals surface area contributed by atoms with E-state index >= 15 is 0 Å².